The number of guanidine groups is 1. The van der Waals surface area contributed by atoms with Gasteiger partial charge < -0.3 is 11.1 Å². The number of aliphatic imine (C=N–C) groups is 1. The summed E-state index contributed by atoms with van der Waals surface area (Å²) in [6.45, 7) is 0.627. The van der Waals surface area contributed by atoms with Gasteiger partial charge in [-0.1, -0.05) is 0 Å². The third-order valence-corrected chi connectivity index (χ3v) is 1.47. The molecule has 0 aromatic heterocycles. The maximum absolute atomic E-state index is 5.53. The predicted molar refractivity (Wildman–Crippen MR) is 46.1 cm³/mol. The van der Waals surface area contributed by atoms with Crippen LogP contribution < -0.4 is 11.1 Å². The lowest BCUT2D eigenvalue weighted by atomic mass is 10.5. The largest absolute Gasteiger partial charge is 0.370 e. The Morgan fingerprint density at radius 1 is 1.73 bits per heavy atom. The van der Waals surface area contributed by atoms with Gasteiger partial charge >= 0.3 is 0 Å². The zero-order valence-corrected chi connectivity index (χ0v) is 6.51. The van der Waals surface area contributed by atoms with Crippen LogP contribution in [0.2, 0.25) is 0 Å². The molecule has 0 radical (unpaired) electrons. The fourth-order valence-electron chi connectivity index (χ4n) is 0.723. The van der Waals surface area contributed by atoms with Crippen molar-refractivity contribution in [2.45, 2.75) is 25.3 Å². The lowest BCUT2D eigenvalue weighted by molar-refractivity contribution is 0.878. The van der Waals surface area contributed by atoms with Crippen molar-refractivity contribution in [2.24, 2.45) is 10.7 Å². The van der Waals surface area contributed by atoms with Crippen molar-refractivity contribution in [3.05, 3.63) is 0 Å². The van der Waals surface area contributed by atoms with Crippen LogP contribution in [0.15, 0.2) is 4.99 Å². The molecule has 60 valence electrons. The molecule has 0 aromatic carbocycles. The summed E-state index contributed by atoms with van der Waals surface area (Å²) < 4.78 is 0. The van der Waals surface area contributed by atoms with Gasteiger partial charge in [-0.3, -0.25) is 4.99 Å². The number of nitrogens with one attached hydrogen (secondary N) is 1. The third kappa shape index (κ3) is 3.51. The molecule has 1 aliphatic rings. The fraction of sp³-hybridized carbons (Fsp3) is 0.625. The molecule has 0 aromatic rings. The van der Waals surface area contributed by atoms with Crippen molar-refractivity contribution < 1.29 is 0 Å². The summed E-state index contributed by atoms with van der Waals surface area (Å²) in [5.41, 5.74) is 5.53. The van der Waals surface area contributed by atoms with Gasteiger partial charge in [-0.05, 0) is 12.8 Å². The maximum Gasteiger partial charge on any atom is 0.188 e. The molecule has 3 heteroatoms. The van der Waals surface area contributed by atoms with Gasteiger partial charge in [0.1, 0.15) is 0 Å². The van der Waals surface area contributed by atoms with Crippen LogP contribution >= 0.6 is 0 Å². The van der Waals surface area contributed by atoms with Crippen LogP contribution in [0.1, 0.15) is 19.3 Å². The van der Waals surface area contributed by atoms with E-state index in [1.807, 2.05) is 0 Å². The van der Waals surface area contributed by atoms with Crippen LogP contribution in [0.25, 0.3) is 0 Å². The zero-order chi connectivity index (χ0) is 8.10. The number of rotatable bonds is 3. The summed E-state index contributed by atoms with van der Waals surface area (Å²) in [6.07, 6.45) is 8.13. The second kappa shape index (κ2) is 3.87. The average Bonchev–Trinajstić information content (AvgIpc) is 2.72. The van der Waals surface area contributed by atoms with E-state index in [1.54, 1.807) is 0 Å². The molecular weight excluding hydrogens is 138 g/mol. The van der Waals surface area contributed by atoms with Gasteiger partial charge in [0.05, 0.1) is 6.54 Å². The summed E-state index contributed by atoms with van der Waals surface area (Å²) in [4.78, 5) is 4.03. The lowest BCUT2D eigenvalue weighted by Crippen LogP contribution is -2.33. The van der Waals surface area contributed by atoms with Crippen molar-refractivity contribution >= 4 is 5.96 Å². The Hall–Kier alpha value is -1.17. The van der Waals surface area contributed by atoms with E-state index in [9.17, 15) is 0 Å². The van der Waals surface area contributed by atoms with E-state index < -0.39 is 0 Å². The van der Waals surface area contributed by atoms with E-state index in [0.717, 1.165) is 0 Å². The number of terminal acetylenes is 1. The normalized spacial score (nSPS) is 17.5. The predicted octanol–water partition coefficient (Wildman–Crippen LogP) is 0.0764. The first-order valence-electron chi connectivity index (χ1n) is 3.83. The lowest BCUT2D eigenvalue weighted by Gasteiger charge is -2.00. The minimum atomic E-state index is 0.530. The highest BCUT2D eigenvalue weighted by Gasteiger charge is 2.20. The Morgan fingerprint density at radius 2 is 2.45 bits per heavy atom. The second-order valence-corrected chi connectivity index (χ2v) is 2.64. The Labute approximate surface area is 67.1 Å². The molecule has 0 atom stereocenters. The minimum absolute atomic E-state index is 0.530. The molecule has 1 fully saturated rings. The fourth-order valence-corrected chi connectivity index (χ4v) is 0.723. The molecule has 1 rings (SSSR count). The topological polar surface area (TPSA) is 50.4 Å². The molecule has 0 heterocycles. The van der Waals surface area contributed by atoms with Gasteiger partial charge in [0.2, 0.25) is 0 Å². The zero-order valence-electron chi connectivity index (χ0n) is 6.51. The molecule has 0 saturated heterocycles. The van der Waals surface area contributed by atoms with E-state index in [1.165, 1.54) is 12.8 Å². The summed E-state index contributed by atoms with van der Waals surface area (Å²) in [7, 11) is 0. The van der Waals surface area contributed by atoms with Gasteiger partial charge in [0, 0.05) is 12.5 Å². The highest BCUT2D eigenvalue weighted by atomic mass is 15.1. The van der Waals surface area contributed by atoms with E-state index >= 15 is 0 Å². The number of nitrogens with zero attached hydrogens (tertiary/aromatic N) is 1. The molecule has 3 N–H and O–H groups in total. The van der Waals surface area contributed by atoms with Crippen LogP contribution in [0.5, 0.6) is 0 Å². The van der Waals surface area contributed by atoms with Crippen LogP contribution in [0, 0.1) is 12.3 Å². The number of hydrogen-bond donors (Lipinski definition) is 2. The van der Waals surface area contributed by atoms with Gasteiger partial charge in [-0.2, -0.15) is 0 Å². The molecule has 0 amide bonds. The van der Waals surface area contributed by atoms with Gasteiger partial charge in [0.15, 0.2) is 5.96 Å². The Bertz CT molecular complexity index is 186. The second-order valence-electron chi connectivity index (χ2n) is 2.64. The third-order valence-electron chi connectivity index (χ3n) is 1.47. The summed E-state index contributed by atoms with van der Waals surface area (Å²) in [6, 6.07) is 0.574. The van der Waals surface area contributed by atoms with Crippen molar-refractivity contribution in [1.82, 2.24) is 5.32 Å². The Kier molecular flexibility index (Phi) is 2.79. The molecule has 0 unspecified atom stereocenters. The minimum Gasteiger partial charge on any atom is -0.370 e. The van der Waals surface area contributed by atoms with Crippen LogP contribution in [0.3, 0.4) is 0 Å². The van der Waals surface area contributed by atoms with Crippen molar-refractivity contribution in [3.63, 3.8) is 0 Å². The first-order chi connectivity index (χ1) is 5.33. The Morgan fingerprint density at radius 3 is 3.00 bits per heavy atom. The van der Waals surface area contributed by atoms with Gasteiger partial charge in [0.25, 0.3) is 0 Å². The maximum atomic E-state index is 5.53. The number of hydrogen-bond acceptors (Lipinski definition) is 1. The monoisotopic (exact) mass is 151 g/mol. The molecule has 1 aliphatic carbocycles. The van der Waals surface area contributed by atoms with Crippen molar-refractivity contribution in [1.29, 1.82) is 0 Å². The molecular formula is C8H13N3. The smallest absolute Gasteiger partial charge is 0.188 e. The Balaban J connectivity index is 2.11. The quantitative estimate of drug-likeness (QED) is 0.260. The SMILES string of the molecule is C#CCCN=C(N)NC1CC1. The van der Waals surface area contributed by atoms with Crippen LogP contribution in [0.4, 0.5) is 0 Å². The molecule has 0 aliphatic heterocycles. The van der Waals surface area contributed by atoms with Gasteiger partial charge in [-0.15, -0.1) is 12.3 Å². The standard InChI is InChI=1S/C8H13N3/c1-2-3-6-10-8(9)11-7-4-5-7/h1,7H,3-6H2,(H3,9,10,11). The van der Waals surface area contributed by atoms with E-state index in [4.69, 9.17) is 12.2 Å². The summed E-state index contributed by atoms with van der Waals surface area (Å²) in [5.74, 6) is 3.03. The first-order valence-corrected chi connectivity index (χ1v) is 3.83. The van der Waals surface area contributed by atoms with E-state index in [2.05, 4.69) is 16.2 Å². The number of nitrogens with two attached hydrogens (primary N) is 1. The van der Waals surface area contributed by atoms with E-state index in [0.29, 0.717) is 25.0 Å². The summed E-state index contributed by atoms with van der Waals surface area (Å²) >= 11 is 0. The van der Waals surface area contributed by atoms with Crippen LogP contribution in [-0.2, 0) is 0 Å². The average molecular weight is 151 g/mol. The van der Waals surface area contributed by atoms with Crippen molar-refractivity contribution in [2.75, 3.05) is 6.54 Å². The molecule has 0 spiro atoms. The first kappa shape index (κ1) is 7.93. The molecule has 11 heavy (non-hydrogen) atoms. The molecule has 3 nitrogen and oxygen atoms in total. The van der Waals surface area contributed by atoms with Crippen molar-refractivity contribution in [3.8, 4) is 12.3 Å². The molecule has 0 bridgehead atoms. The van der Waals surface area contributed by atoms with Crippen LogP contribution in [-0.4, -0.2) is 18.5 Å². The van der Waals surface area contributed by atoms with E-state index in [-0.39, 0.29) is 0 Å². The highest BCUT2D eigenvalue weighted by Crippen LogP contribution is 2.17. The highest BCUT2D eigenvalue weighted by molar-refractivity contribution is 5.78. The van der Waals surface area contributed by atoms with Gasteiger partial charge in [-0.25, -0.2) is 0 Å². The summed E-state index contributed by atoms with van der Waals surface area (Å²) in [5, 5.41) is 3.07. The molecule has 1 saturated carbocycles.